The van der Waals surface area contributed by atoms with E-state index in [1.807, 2.05) is 0 Å². The summed E-state index contributed by atoms with van der Waals surface area (Å²) in [4.78, 5) is 11.9. The fraction of sp³-hybridized carbons (Fsp3) is 0.182. The molecule has 0 spiro atoms. The van der Waals surface area contributed by atoms with Crippen LogP contribution in [0, 0.1) is 0 Å². The highest BCUT2D eigenvalue weighted by molar-refractivity contribution is 6.33. The Balaban J connectivity index is 2.09. The van der Waals surface area contributed by atoms with E-state index in [1.165, 1.54) is 0 Å². The van der Waals surface area contributed by atoms with E-state index in [9.17, 15) is 4.79 Å². The number of halogens is 1. The molecule has 18 heavy (non-hydrogen) atoms. The lowest BCUT2D eigenvalue weighted by Crippen LogP contribution is -2.25. The molecule has 0 saturated heterocycles. The number of hydrogen-bond donors (Lipinski definition) is 2. The van der Waals surface area contributed by atoms with Crippen molar-refractivity contribution in [1.29, 1.82) is 0 Å². The summed E-state index contributed by atoms with van der Waals surface area (Å²) < 4.78 is 1.72. The maximum absolute atomic E-state index is 11.9. The summed E-state index contributed by atoms with van der Waals surface area (Å²) >= 11 is 5.85. The summed E-state index contributed by atoms with van der Waals surface area (Å²) in [5, 5.41) is 10.7. The second-order valence-electron chi connectivity index (χ2n) is 3.74. The Bertz CT molecular complexity index is 581. The Morgan fingerprint density at radius 2 is 2.33 bits per heavy atom. The standard InChI is InChI=1S/C11H12ClN5O/c1-17-6-15-16-9(17)5-14-11(18)7-3-2-4-8(12)10(7)13/h2-4,6H,5,13H2,1H3,(H,14,18). The van der Waals surface area contributed by atoms with Gasteiger partial charge in [-0.3, -0.25) is 4.79 Å². The number of amides is 1. The van der Waals surface area contributed by atoms with Crippen molar-refractivity contribution in [1.82, 2.24) is 20.1 Å². The van der Waals surface area contributed by atoms with Crippen molar-refractivity contribution in [3.05, 3.63) is 40.9 Å². The van der Waals surface area contributed by atoms with Gasteiger partial charge in [0.05, 0.1) is 22.8 Å². The number of nitrogens with two attached hydrogens (primary N) is 1. The van der Waals surface area contributed by atoms with Gasteiger partial charge in [0.15, 0.2) is 5.82 Å². The van der Waals surface area contributed by atoms with Crippen molar-refractivity contribution >= 4 is 23.2 Å². The van der Waals surface area contributed by atoms with Crippen molar-refractivity contribution in [3.63, 3.8) is 0 Å². The molecular formula is C11H12ClN5O. The quantitative estimate of drug-likeness (QED) is 0.810. The third-order valence-electron chi connectivity index (χ3n) is 2.51. The molecule has 1 amide bonds. The van der Waals surface area contributed by atoms with Crippen LogP contribution in [0.25, 0.3) is 0 Å². The minimum absolute atomic E-state index is 0.273. The van der Waals surface area contributed by atoms with E-state index in [-0.39, 0.29) is 18.1 Å². The molecule has 6 nitrogen and oxygen atoms in total. The van der Waals surface area contributed by atoms with Crippen LogP contribution >= 0.6 is 11.6 Å². The lowest BCUT2D eigenvalue weighted by Gasteiger charge is -2.08. The van der Waals surface area contributed by atoms with Crippen LogP contribution in [0.2, 0.25) is 5.02 Å². The van der Waals surface area contributed by atoms with Crippen LogP contribution in [0.1, 0.15) is 16.2 Å². The third kappa shape index (κ3) is 2.43. The maximum atomic E-state index is 11.9. The maximum Gasteiger partial charge on any atom is 0.253 e. The summed E-state index contributed by atoms with van der Waals surface area (Å²) in [5.41, 5.74) is 6.36. The SMILES string of the molecule is Cn1cnnc1CNC(=O)c1cccc(Cl)c1N. The van der Waals surface area contributed by atoms with E-state index in [0.717, 1.165) is 0 Å². The highest BCUT2D eigenvalue weighted by Gasteiger charge is 2.12. The van der Waals surface area contributed by atoms with Gasteiger partial charge in [-0.25, -0.2) is 0 Å². The first-order valence-corrected chi connectivity index (χ1v) is 5.62. The number of hydrogen-bond acceptors (Lipinski definition) is 4. The van der Waals surface area contributed by atoms with Crippen molar-refractivity contribution in [2.75, 3.05) is 5.73 Å². The molecule has 1 heterocycles. The van der Waals surface area contributed by atoms with E-state index in [2.05, 4.69) is 15.5 Å². The third-order valence-corrected chi connectivity index (χ3v) is 2.84. The fourth-order valence-corrected chi connectivity index (χ4v) is 1.63. The number of carbonyl (C=O) groups is 1. The molecule has 1 aromatic carbocycles. The number of nitrogens with zero attached hydrogens (tertiary/aromatic N) is 3. The number of nitrogens with one attached hydrogen (secondary N) is 1. The van der Waals surface area contributed by atoms with Crippen LogP contribution in [-0.2, 0) is 13.6 Å². The Morgan fingerprint density at radius 1 is 1.56 bits per heavy atom. The number of aromatic nitrogens is 3. The number of aryl methyl sites for hydroxylation is 1. The molecule has 0 aliphatic carbocycles. The first-order chi connectivity index (χ1) is 8.59. The Labute approximate surface area is 109 Å². The zero-order valence-corrected chi connectivity index (χ0v) is 10.5. The van der Waals surface area contributed by atoms with Gasteiger partial charge in [-0.05, 0) is 12.1 Å². The van der Waals surface area contributed by atoms with Gasteiger partial charge in [-0.15, -0.1) is 10.2 Å². The minimum atomic E-state index is -0.294. The molecule has 3 N–H and O–H groups in total. The topological polar surface area (TPSA) is 85.8 Å². The average Bonchev–Trinajstić information content (AvgIpc) is 2.75. The number of rotatable bonds is 3. The van der Waals surface area contributed by atoms with Crippen LogP contribution in [-0.4, -0.2) is 20.7 Å². The Morgan fingerprint density at radius 3 is 3.00 bits per heavy atom. The summed E-state index contributed by atoms with van der Waals surface area (Å²) in [5.74, 6) is 0.363. The first-order valence-electron chi connectivity index (χ1n) is 5.24. The van der Waals surface area contributed by atoms with Gasteiger partial charge >= 0.3 is 0 Å². The number of benzene rings is 1. The van der Waals surface area contributed by atoms with Crippen molar-refractivity contribution < 1.29 is 4.79 Å². The number of anilines is 1. The lowest BCUT2D eigenvalue weighted by atomic mass is 10.1. The highest BCUT2D eigenvalue weighted by atomic mass is 35.5. The van der Waals surface area contributed by atoms with E-state index >= 15 is 0 Å². The summed E-state index contributed by atoms with van der Waals surface area (Å²) in [6, 6.07) is 4.93. The molecule has 0 aliphatic heterocycles. The molecule has 94 valence electrons. The molecule has 0 fully saturated rings. The summed E-state index contributed by atoms with van der Waals surface area (Å²) in [7, 11) is 1.80. The fourth-order valence-electron chi connectivity index (χ4n) is 1.46. The molecule has 0 radical (unpaired) electrons. The Kier molecular flexibility index (Phi) is 3.47. The van der Waals surface area contributed by atoms with Gasteiger partial charge in [0.2, 0.25) is 0 Å². The van der Waals surface area contributed by atoms with Gasteiger partial charge in [-0.1, -0.05) is 17.7 Å². The molecule has 2 aromatic rings. The summed E-state index contributed by atoms with van der Waals surface area (Å²) in [6.07, 6.45) is 1.56. The lowest BCUT2D eigenvalue weighted by molar-refractivity contribution is 0.0950. The molecule has 0 bridgehead atoms. The van der Waals surface area contributed by atoms with Gasteiger partial charge in [0, 0.05) is 7.05 Å². The molecule has 1 aromatic heterocycles. The van der Waals surface area contributed by atoms with Crippen LogP contribution in [0.4, 0.5) is 5.69 Å². The smallest absolute Gasteiger partial charge is 0.253 e. The van der Waals surface area contributed by atoms with E-state index in [4.69, 9.17) is 17.3 Å². The van der Waals surface area contributed by atoms with Crippen molar-refractivity contribution in [2.24, 2.45) is 7.05 Å². The average molecular weight is 266 g/mol. The van der Waals surface area contributed by atoms with Crippen molar-refractivity contribution in [3.8, 4) is 0 Å². The molecule has 0 unspecified atom stereocenters. The van der Waals surface area contributed by atoms with Crippen LogP contribution in [0.5, 0.6) is 0 Å². The second kappa shape index (κ2) is 5.05. The number of carbonyl (C=O) groups excluding carboxylic acids is 1. The van der Waals surface area contributed by atoms with Crippen LogP contribution in [0.15, 0.2) is 24.5 Å². The van der Waals surface area contributed by atoms with Crippen LogP contribution in [0.3, 0.4) is 0 Å². The predicted molar refractivity (Wildman–Crippen MR) is 68.0 cm³/mol. The number of para-hydroxylation sites is 1. The molecule has 0 atom stereocenters. The van der Waals surface area contributed by atoms with E-state index < -0.39 is 0 Å². The first kappa shape index (κ1) is 12.4. The molecule has 7 heteroatoms. The van der Waals surface area contributed by atoms with Crippen LogP contribution < -0.4 is 11.1 Å². The van der Waals surface area contributed by atoms with Gasteiger partial charge in [0.25, 0.3) is 5.91 Å². The molecular weight excluding hydrogens is 254 g/mol. The van der Waals surface area contributed by atoms with E-state index in [1.54, 1.807) is 36.1 Å². The minimum Gasteiger partial charge on any atom is -0.397 e. The Hall–Kier alpha value is -2.08. The van der Waals surface area contributed by atoms with Crippen molar-refractivity contribution in [2.45, 2.75) is 6.54 Å². The molecule has 2 rings (SSSR count). The van der Waals surface area contributed by atoms with Gasteiger partial charge in [0.1, 0.15) is 6.33 Å². The molecule has 0 saturated carbocycles. The second-order valence-corrected chi connectivity index (χ2v) is 4.15. The zero-order valence-electron chi connectivity index (χ0n) is 9.72. The highest BCUT2D eigenvalue weighted by Crippen LogP contribution is 2.22. The van der Waals surface area contributed by atoms with Gasteiger partial charge < -0.3 is 15.6 Å². The summed E-state index contributed by atoms with van der Waals surface area (Å²) in [6.45, 7) is 0.279. The number of nitrogen functional groups attached to an aromatic ring is 1. The van der Waals surface area contributed by atoms with E-state index in [0.29, 0.717) is 16.4 Å². The van der Waals surface area contributed by atoms with Gasteiger partial charge in [-0.2, -0.15) is 0 Å². The predicted octanol–water partition coefficient (Wildman–Crippen LogP) is 0.981. The molecule has 0 aliphatic rings. The zero-order chi connectivity index (χ0) is 13.1. The monoisotopic (exact) mass is 265 g/mol. The normalized spacial score (nSPS) is 10.3. The largest absolute Gasteiger partial charge is 0.397 e.